The number of nitrogens with one attached hydrogen (secondary N) is 1. The van der Waals surface area contributed by atoms with Gasteiger partial charge in [-0.05, 0) is 49.7 Å². The van der Waals surface area contributed by atoms with Crippen LogP contribution >= 0.6 is 11.3 Å². The molecule has 0 saturated heterocycles. The van der Waals surface area contributed by atoms with Crippen molar-refractivity contribution in [1.29, 1.82) is 0 Å². The van der Waals surface area contributed by atoms with Crippen LogP contribution in [0.2, 0.25) is 0 Å². The first-order chi connectivity index (χ1) is 10.3. The highest BCUT2D eigenvalue weighted by Crippen LogP contribution is 2.32. The smallest absolute Gasteiger partial charge is 0.0893 e. The van der Waals surface area contributed by atoms with Crippen molar-refractivity contribution in [2.24, 2.45) is 0 Å². The van der Waals surface area contributed by atoms with Gasteiger partial charge in [-0.25, -0.2) is 0 Å². The lowest BCUT2D eigenvalue weighted by molar-refractivity contribution is 0.578. The maximum atomic E-state index is 4.38. The van der Waals surface area contributed by atoms with Gasteiger partial charge < -0.3 is 5.32 Å². The van der Waals surface area contributed by atoms with E-state index in [1.54, 1.807) is 12.4 Å². The lowest BCUT2D eigenvalue weighted by Crippen LogP contribution is -2.18. The van der Waals surface area contributed by atoms with Gasteiger partial charge in [0.2, 0.25) is 0 Å². The molecule has 3 aromatic rings. The second kappa shape index (κ2) is 6.33. The summed E-state index contributed by atoms with van der Waals surface area (Å²) in [5.74, 6) is 0. The Balaban J connectivity index is 1.87. The third kappa shape index (κ3) is 3.12. The van der Waals surface area contributed by atoms with Gasteiger partial charge in [-0.2, -0.15) is 0 Å². The monoisotopic (exact) mass is 297 g/mol. The predicted octanol–water partition coefficient (Wildman–Crippen LogP) is 4.42. The summed E-state index contributed by atoms with van der Waals surface area (Å²) in [4.78, 5) is 11.3. The van der Waals surface area contributed by atoms with Crippen LogP contribution in [0.4, 0.5) is 0 Å². The molecule has 108 valence electrons. The number of hydrogen-bond donors (Lipinski definition) is 1. The molecule has 0 saturated carbocycles. The van der Waals surface area contributed by atoms with Gasteiger partial charge in [-0.3, -0.25) is 9.97 Å². The van der Waals surface area contributed by atoms with E-state index >= 15 is 0 Å². The number of thiophene rings is 1. The van der Waals surface area contributed by atoms with Crippen LogP contribution in [0.1, 0.15) is 31.2 Å². The molecule has 0 fully saturated rings. The third-order valence-electron chi connectivity index (χ3n) is 3.51. The lowest BCUT2D eigenvalue weighted by atomic mass is 10.1. The summed E-state index contributed by atoms with van der Waals surface area (Å²) in [6.07, 6.45) is 4.63. The highest BCUT2D eigenvalue weighted by molar-refractivity contribution is 7.15. The standard InChI is InChI=1S/C17H19N3S/c1-3-8-18-12(2)16-6-7-17(21-16)13-4-5-14-15(11-13)20-10-9-19-14/h4-7,9-12,18H,3,8H2,1-2H3. The number of rotatable bonds is 5. The molecule has 1 N–H and O–H groups in total. The molecule has 0 radical (unpaired) electrons. The fraction of sp³-hybridized carbons (Fsp3) is 0.294. The molecule has 0 aliphatic heterocycles. The molecular weight excluding hydrogens is 278 g/mol. The number of hydrogen-bond acceptors (Lipinski definition) is 4. The predicted molar refractivity (Wildman–Crippen MR) is 89.6 cm³/mol. The molecule has 4 heteroatoms. The Morgan fingerprint density at radius 1 is 1.10 bits per heavy atom. The minimum atomic E-state index is 0.406. The fourth-order valence-corrected chi connectivity index (χ4v) is 3.35. The molecule has 0 aliphatic rings. The first-order valence-electron chi connectivity index (χ1n) is 7.32. The first-order valence-corrected chi connectivity index (χ1v) is 8.14. The Labute approximate surface area is 129 Å². The molecule has 1 unspecified atom stereocenters. The molecule has 0 aliphatic carbocycles. The quantitative estimate of drug-likeness (QED) is 0.757. The maximum Gasteiger partial charge on any atom is 0.0893 e. The van der Waals surface area contributed by atoms with E-state index in [1.807, 2.05) is 17.4 Å². The summed E-state index contributed by atoms with van der Waals surface area (Å²) in [6.45, 7) is 5.47. The van der Waals surface area contributed by atoms with Gasteiger partial charge in [0.25, 0.3) is 0 Å². The second-order valence-corrected chi connectivity index (χ2v) is 6.25. The van der Waals surface area contributed by atoms with E-state index in [-0.39, 0.29) is 0 Å². The van der Waals surface area contributed by atoms with Crippen LogP contribution in [0, 0.1) is 0 Å². The zero-order chi connectivity index (χ0) is 14.7. The topological polar surface area (TPSA) is 37.8 Å². The minimum Gasteiger partial charge on any atom is -0.309 e. The van der Waals surface area contributed by atoms with Crippen LogP contribution in [-0.4, -0.2) is 16.5 Å². The molecule has 0 amide bonds. The van der Waals surface area contributed by atoms with Gasteiger partial charge in [0.15, 0.2) is 0 Å². The minimum absolute atomic E-state index is 0.406. The molecule has 1 atom stereocenters. The SMILES string of the molecule is CCCNC(C)c1ccc(-c2ccc3nccnc3c2)s1. The molecule has 3 nitrogen and oxygen atoms in total. The van der Waals surface area contributed by atoms with E-state index in [0.717, 1.165) is 24.0 Å². The van der Waals surface area contributed by atoms with Crippen molar-refractivity contribution in [1.82, 2.24) is 15.3 Å². The Hall–Kier alpha value is -1.78. The van der Waals surface area contributed by atoms with Crippen molar-refractivity contribution in [2.75, 3.05) is 6.54 Å². The van der Waals surface area contributed by atoms with Crippen LogP contribution in [0.5, 0.6) is 0 Å². The van der Waals surface area contributed by atoms with Crippen molar-refractivity contribution < 1.29 is 0 Å². The first kappa shape index (κ1) is 14.2. The average molecular weight is 297 g/mol. The van der Waals surface area contributed by atoms with Gasteiger partial charge >= 0.3 is 0 Å². The van der Waals surface area contributed by atoms with Gasteiger partial charge in [-0.15, -0.1) is 11.3 Å². The molecule has 1 aromatic carbocycles. The molecule has 2 heterocycles. The Morgan fingerprint density at radius 3 is 2.71 bits per heavy atom. The van der Waals surface area contributed by atoms with Crippen molar-refractivity contribution in [3.63, 3.8) is 0 Å². The van der Waals surface area contributed by atoms with Crippen molar-refractivity contribution in [2.45, 2.75) is 26.3 Å². The summed E-state index contributed by atoms with van der Waals surface area (Å²) < 4.78 is 0. The number of nitrogens with zero attached hydrogens (tertiary/aromatic N) is 2. The lowest BCUT2D eigenvalue weighted by Gasteiger charge is -2.10. The normalized spacial score (nSPS) is 12.7. The van der Waals surface area contributed by atoms with Gasteiger partial charge in [0.1, 0.15) is 0 Å². The van der Waals surface area contributed by atoms with E-state index in [0.29, 0.717) is 6.04 Å². The van der Waals surface area contributed by atoms with Crippen LogP contribution in [-0.2, 0) is 0 Å². The summed E-state index contributed by atoms with van der Waals surface area (Å²) in [7, 11) is 0. The largest absolute Gasteiger partial charge is 0.309 e. The van der Waals surface area contributed by atoms with Crippen LogP contribution < -0.4 is 5.32 Å². The van der Waals surface area contributed by atoms with E-state index in [2.05, 4.69) is 53.4 Å². The zero-order valence-electron chi connectivity index (χ0n) is 12.3. The molecule has 0 bridgehead atoms. The molecule has 21 heavy (non-hydrogen) atoms. The fourth-order valence-electron chi connectivity index (χ4n) is 2.32. The summed E-state index contributed by atoms with van der Waals surface area (Å²) in [5, 5.41) is 3.53. The maximum absolute atomic E-state index is 4.38. The van der Waals surface area contributed by atoms with Crippen LogP contribution in [0.3, 0.4) is 0 Å². The van der Waals surface area contributed by atoms with Gasteiger partial charge in [0, 0.05) is 28.2 Å². The van der Waals surface area contributed by atoms with Crippen molar-refractivity contribution >= 4 is 22.4 Å². The van der Waals surface area contributed by atoms with E-state index in [9.17, 15) is 0 Å². The van der Waals surface area contributed by atoms with Crippen molar-refractivity contribution in [3.05, 3.63) is 47.6 Å². The molecule has 3 rings (SSSR count). The molecular formula is C17H19N3S. The summed E-state index contributed by atoms with van der Waals surface area (Å²) >= 11 is 1.84. The Morgan fingerprint density at radius 2 is 1.90 bits per heavy atom. The number of fused-ring (bicyclic) bond motifs is 1. The van der Waals surface area contributed by atoms with E-state index < -0.39 is 0 Å². The second-order valence-electron chi connectivity index (χ2n) is 5.14. The van der Waals surface area contributed by atoms with Gasteiger partial charge in [-0.1, -0.05) is 13.0 Å². The van der Waals surface area contributed by atoms with E-state index in [4.69, 9.17) is 0 Å². The average Bonchev–Trinajstić information content (AvgIpc) is 3.02. The van der Waals surface area contributed by atoms with Crippen molar-refractivity contribution in [3.8, 4) is 10.4 Å². The van der Waals surface area contributed by atoms with Gasteiger partial charge in [0.05, 0.1) is 11.0 Å². The Bertz CT molecular complexity index is 735. The summed E-state index contributed by atoms with van der Waals surface area (Å²) in [5.41, 5.74) is 3.10. The molecule has 0 spiro atoms. The zero-order valence-corrected chi connectivity index (χ0v) is 13.2. The van der Waals surface area contributed by atoms with Crippen LogP contribution in [0.25, 0.3) is 21.5 Å². The summed E-state index contributed by atoms with van der Waals surface area (Å²) in [6, 6.07) is 11.1. The Kier molecular flexibility index (Phi) is 4.27. The molecule has 2 aromatic heterocycles. The van der Waals surface area contributed by atoms with E-state index in [1.165, 1.54) is 15.3 Å². The highest BCUT2D eigenvalue weighted by Gasteiger charge is 2.09. The van der Waals surface area contributed by atoms with Crippen LogP contribution in [0.15, 0.2) is 42.7 Å². The highest BCUT2D eigenvalue weighted by atomic mass is 32.1. The third-order valence-corrected chi connectivity index (χ3v) is 4.82. The number of benzene rings is 1. The number of aromatic nitrogens is 2.